The molecule has 2 aliphatic rings. The number of hydrogen-bond acceptors (Lipinski definition) is 2. The van der Waals surface area contributed by atoms with E-state index in [1.54, 1.807) is 0 Å². The van der Waals surface area contributed by atoms with Crippen LogP contribution in [-0.4, -0.2) is 17.8 Å². The number of nitrogens with one attached hydrogen (secondary N) is 1. The first kappa shape index (κ1) is 17.6. The Morgan fingerprint density at radius 2 is 1.88 bits per heavy atom. The van der Waals surface area contributed by atoms with E-state index in [1.807, 2.05) is 0 Å². The van der Waals surface area contributed by atoms with E-state index < -0.39 is 0 Å². The molecule has 0 spiro atoms. The molecule has 0 aromatic heterocycles. The summed E-state index contributed by atoms with van der Waals surface area (Å²) in [5, 5.41) is 13.7. The van der Waals surface area contributed by atoms with Crippen molar-refractivity contribution in [3.8, 4) is 0 Å². The van der Waals surface area contributed by atoms with Crippen LogP contribution >= 0.6 is 0 Å². The molecule has 2 heteroatoms. The second-order valence-corrected chi connectivity index (χ2v) is 8.11. The van der Waals surface area contributed by atoms with Crippen molar-refractivity contribution in [2.75, 3.05) is 11.9 Å². The molecule has 1 saturated carbocycles. The van der Waals surface area contributed by atoms with E-state index in [-0.39, 0.29) is 6.61 Å². The van der Waals surface area contributed by atoms with Gasteiger partial charge < -0.3 is 10.4 Å². The van der Waals surface area contributed by atoms with Gasteiger partial charge >= 0.3 is 0 Å². The quantitative estimate of drug-likeness (QED) is 0.677. The molecule has 26 heavy (non-hydrogen) atoms. The Labute approximate surface area is 157 Å². The minimum Gasteiger partial charge on any atom is -0.396 e. The van der Waals surface area contributed by atoms with Gasteiger partial charge in [-0.1, -0.05) is 62.2 Å². The van der Waals surface area contributed by atoms with Crippen molar-refractivity contribution in [2.24, 2.45) is 5.92 Å². The predicted molar refractivity (Wildman–Crippen MR) is 109 cm³/mol. The highest BCUT2D eigenvalue weighted by Crippen LogP contribution is 2.52. The second kappa shape index (κ2) is 7.84. The van der Waals surface area contributed by atoms with Crippen LogP contribution in [0.15, 0.2) is 48.5 Å². The Bertz CT molecular complexity index is 726. The zero-order chi connectivity index (χ0) is 17.9. The number of unbranched alkanes of at least 4 members (excludes halogenated alkanes) is 2. The van der Waals surface area contributed by atoms with Crippen molar-refractivity contribution in [2.45, 2.75) is 63.3 Å². The van der Waals surface area contributed by atoms with Gasteiger partial charge in [0.05, 0.1) is 0 Å². The molecule has 1 heterocycles. The van der Waals surface area contributed by atoms with Crippen LogP contribution in [-0.2, 0) is 6.42 Å². The van der Waals surface area contributed by atoms with Crippen molar-refractivity contribution in [3.63, 3.8) is 0 Å². The van der Waals surface area contributed by atoms with E-state index in [0.29, 0.717) is 23.8 Å². The maximum absolute atomic E-state index is 9.93. The summed E-state index contributed by atoms with van der Waals surface area (Å²) in [6, 6.07) is 18.4. The molecule has 0 bridgehead atoms. The lowest BCUT2D eigenvalue weighted by Gasteiger charge is -2.39. The van der Waals surface area contributed by atoms with Crippen LogP contribution < -0.4 is 5.32 Å². The Morgan fingerprint density at radius 3 is 2.65 bits per heavy atom. The summed E-state index contributed by atoms with van der Waals surface area (Å²) in [6.07, 6.45) is 7.28. The SMILES string of the molecule is CCCCCc1ccc2c(c1)NC1C(CO)CCC(c3ccccc3)C21. The molecular formula is C24H31NO. The van der Waals surface area contributed by atoms with Gasteiger partial charge in [-0.3, -0.25) is 0 Å². The number of hydrogen-bond donors (Lipinski definition) is 2. The minimum absolute atomic E-state index is 0.285. The lowest BCUT2D eigenvalue weighted by molar-refractivity contribution is 0.160. The third-order valence-corrected chi connectivity index (χ3v) is 6.51. The Hall–Kier alpha value is -1.80. The van der Waals surface area contributed by atoms with Gasteiger partial charge in [-0.2, -0.15) is 0 Å². The highest BCUT2D eigenvalue weighted by Gasteiger charge is 2.45. The molecule has 0 amide bonds. The molecule has 2 nitrogen and oxygen atoms in total. The zero-order valence-corrected chi connectivity index (χ0v) is 15.8. The first-order chi connectivity index (χ1) is 12.8. The van der Waals surface area contributed by atoms with Crippen molar-refractivity contribution in [1.82, 2.24) is 0 Å². The van der Waals surface area contributed by atoms with Gasteiger partial charge in [0.1, 0.15) is 0 Å². The lowest BCUT2D eigenvalue weighted by Crippen LogP contribution is -2.39. The summed E-state index contributed by atoms with van der Waals surface area (Å²) in [4.78, 5) is 0. The largest absolute Gasteiger partial charge is 0.396 e. The van der Waals surface area contributed by atoms with Crippen LogP contribution in [0, 0.1) is 5.92 Å². The van der Waals surface area contributed by atoms with Crippen LogP contribution in [0.1, 0.15) is 67.6 Å². The topological polar surface area (TPSA) is 32.3 Å². The molecule has 1 aliphatic carbocycles. The minimum atomic E-state index is 0.285. The van der Waals surface area contributed by atoms with Crippen LogP contribution in [0.4, 0.5) is 5.69 Å². The van der Waals surface area contributed by atoms with E-state index in [1.165, 1.54) is 48.1 Å². The van der Waals surface area contributed by atoms with E-state index in [0.717, 1.165) is 12.8 Å². The summed E-state index contributed by atoms with van der Waals surface area (Å²) in [5.74, 6) is 1.38. The van der Waals surface area contributed by atoms with Gasteiger partial charge in [0.2, 0.25) is 0 Å². The van der Waals surface area contributed by atoms with Crippen LogP contribution in [0.5, 0.6) is 0 Å². The summed E-state index contributed by atoms with van der Waals surface area (Å²) >= 11 is 0. The number of anilines is 1. The summed E-state index contributed by atoms with van der Waals surface area (Å²) < 4.78 is 0. The van der Waals surface area contributed by atoms with Gasteiger partial charge in [-0.15, -0.1) is 0 Å². The van der Waals surface area contributed by atoms with Gasteiger partial charge in [0, 0.05) is 30.2 Å². The Kier molecular flexibility index (Phi) is 5.31. The molecule has 0 saturated heterocycles. The average molecular weight is 350 g/mol. The summed E-state index contributed by atoms with van der Waals surface area (Å²) in [7, 11) is 0. The maximum Gasteiger partial charge on any atom is 0.0479 e. The molecule has 2 aromatic carbocycles. The van der Waals surface area contributed by atoms with Crippen molar-refractivity contribution in [3.05, 3.63) is 65.2 Å². The van der Waals surface area contributed by atoms with E-state index in [9.17, 15) is 5.11 Å². The fourth-order valence-corrected chi connectivity index (χ4v) is 5.13. The van der Waals surface area contributed by atoms with Gasteiger partial charge in [0.25, 0.3) is 0 Å². The number of rotatable bonds is 6. The molecular weight excluding hydrogens is 318 g/mol. The van der Waals surface area contributed by atoms with Gasteiger partial charge in [0.15, 0.2) is 0 Å². The summed E-state index contributed by atoms with van der Waals surface area (Å²) in [5.41, 5.74) is 5.66. The Balaban J connectivity index is 1.64. The van der Waals surface area contributed by atoms with Crippen molar-refractivity contribution < 1.29 is 5.11 Å². The number of aryl methyl sites for hydroxylation is 1. The molecule has 4 atom stereocenters. The average Bonchev–Trinajstić information content (AvgIpc) is 3.07. The van der Waals surface area contributed by atoms with Crippen molar-refractivity contribution in [1.29, 1.82) is 0 Å². The molecule has 1 aliphatic heterocycles. The fraction of sp³-hybridized carbons (Fsp3) is 0.500. The molecule has 1 fully saturated rings. The fourth-order valence-electron chi connectivity index (χ4n) is 5.13. The van der Waals surface area contributed by atoms with Gasteiger partial charge in [-0.05, 0) is 54.4 Å². The molecule has 0 radical (unpaired) electrons. The molecule has 4 rings (SSSR count). The molecule has 2 aromatic rings. The third kappa shape index (κ3) is 3.27. The number of aliphatic hydroxyl groups excluding tert-OH is 1. The monoisotopic (exact) mass is 349 g/mol. The third-order valence-electron chi connectivity index (χ3n) is 6.51. The predicted octanol–water partition coefficient (Wildman–Crippen LogP) is 5.48. The first-order valence-electron chi connectivity index (χ1n) is 10.4. The molecule has 4 unspecified atom stereocenters. The van der Waals surface area contributed by atoms with E-state index in [2.05, 4.69) is 60.8 Å². The number of fused-ring (bicyclic) bond motifs is 3. The van der Waals surface area contributed by atoms with Crippen molar-refractivity contribution >= 4 is 5.69 Å². The second-order valence-electron chi connectivity index (χ2n) is 8.11. The Morgan fingerprint density at radius 1 is 1.04 bits per heavy atom. The normalized spacial score (nSPS) is 26.8. The maximum atomic E-state index is 9.93. The zero-order valence-electron chi connectivity index (χ0n) is 15.8. The molecule has 2 N–H and O–H groups in total. The number of aliphatic hydroxyl groups is 1. The highest BCUT2D eigenvalue weighted by atomic mass is 16.3. The first-order valence-corrected chi connectivity index (χ1v) is 10.4. The standard InChI is InChI=1S/C24H31NO/c1-2-3-5-8-17-11-13-21-22(15-17)25-24-19(16-26)12-14-20(23(21)24)18-9-6-4-7-10-18/h4,6-7,9-11,13,15,19-20,23-26H,2-3,5,8,12,14,16H2,1H3. The van der Waals surface area contributed by atoms with Crippen LogP contribution in [0.25, 0.3) is 0 Å². The van der Waals surface area contributed by atoms with Crippen LogP contribution in [0.2, 0.25) is 0 Å². The van der Waals surface area contributed by atoms with E-state index in [4.69, 9.17) is 0 Å². The highest BCUT2D eigenvalue weighted by molar-refractivity contribution is 5.62. The van der Waals surface area contributed by atoms with Crippen LogP contribution in [0.3, 0.4) is 0 Å². The van der Waals surface area contributed by atoms with Gasteiger partial charge in [-0.25, -0.2) is 0 Å². The molecule has 138 valence electrons. The number of benzene rings is 2. The smallest absolute Gasteiger partial charge is 0.0479 e. The van der Waals surface area contributed by atoms with E-state index >= 15 is 0 Å². The summed E-state index contributed by atoms with van der Waals surface area (Å²) in [6.45, 7) is 2.54. The lowest BCUT2D eigenvalue weighted by atomic mass is 9.67.